The summed E-state index contributed by atoms with van der Waals surface area (Å²) in [5.41, 5.74) is 1.95. The number of nitrogens with one attached hydrogen (secondary N) is 2. The largest absolute Gasteiger partial charge is 0.495 e. The summed E-state index contributed by atoms with van der Waals surface area (Å²) in [5, 5.41) is 15.5. The van der Waals surface area contributed by atoms with E-state index < -0.39 is 0 Å². The third kappa shape index (κ3) is 4.52. The molecule has 3 rings (SSSR count). The highest BCUT2D eigenvalue weighted by atomic mass is 19.1. The molecule has 1 fully saturated rings. The fourth-order valence-electron chi connectivity index (χ4n) is 3.33. The van der Waals surface area contributed by atoms with E-state index in [0.29, 0.717) is 17.1 Å². The van der Waals surface area contributed by atoms with Crippen molar-refractivity contribution in [2.24, 2.45) is 4.99 Å². The molecule has 1 atom stereocenters. The van der Waals surface area contributed by atoms with Gasteiger partial charge in [0.15, 0.2) is 5.96 Å². The van der Waals surface area contributed by atoms with Crippen LogP contribution in [0.4, 0.5) is 10.1 Å². The number of para-hydroxylation sites is 2. The van der Waals surface area contributed by atoms with Crippen LogP contribution in [0.5, 0.6) is 5.75 Å². The average Bonchev–Trinajstić information content (AvgIpc) is 3.20. The molecule has 1 aliphatic heterocycles. The number of aliphatic imine (C=N–C) groups is 1. The van der Waals surface area contributed by atoms with Crippen molar-refractivity contribution in [3.63, 3.8) is 0 Å². The number of hydrogen-bond donors (Lipinski definition) is 2. The van der Waals surface area contributed by atoms with Crippen LogP contribution in [-0.4, -0.2) is 39.2 Å². The summed E-state index contributed by atoms with van der Waals surface area (Å²) in [6.45, 7) is 1.98. The molecule has 28 heavy (non-hydrogen) atoms. The van der Waals surface area contributed by atoms with Crippen LogP contribution in [-0.2, 0) is 6.54 Å². The monoisotopic (exact) mass is 381 g/mol. The van der Waals surface area contributed by atoms with Gasteiger partial charge in [0.25, 0.3) is 0 Å². The molecule has 6 nitrogen and oxygen atoms in total. The van der Waals surface area contributed by atoms with Crippen molar-refractivity contribution in [3.8, 4) is 11.8 Å². The highest BCUT2D eigenvalue weighted by Gasteiger charge is 2.25. The second kappa shape index (κ2) is 9.09. The van der Waals surface area contributed by atoms with Crippen LogP contribution in [0.1, 0.15) is 17.5 Å². The number of benzene rings is 2. The number of guanidine groups is 1. The second-order valence-corrected chi connectivity index (χ2v) is 6.59. The zero-order chi connectivity index (χ0) is 19.9. The molecule has 2 aromatic rings. The van der Waals surface area contributed by atoms with Crippen molar-refractivity contribution in [1.29, 1.82) is 5.26 Å². The minimum absolute atomic E-state index is 0.214. The smallest absolute Gasteiger partial charge is 0.191 e. The van der Waals surface area contributed by atoms with E-state index in [1.807, 2.05) is 24.3 Å². The number of hydrogen-bond acceptors (Lipinski definition) is 4. The van der Waals surface area contributed by atoms with Gasteiger partial charge < -0.3 is 20.3 Å². The molecule has 2 aromatic carbocycles. The normalized spacial score (nSPS) is 16.6. The maximum absolute atomic E-state index is 13.9. The Morgan fingerprint density at radius 3 is 2.93 bits per heavy atom. The molecule has 146 valence electrons. The minimum atomic E-state index is -0.342. The predicted octanol–water partition coefficient (Wildman–Crippen LogP) is 2.65. The summed E-state index contributed by atoms with van der Waals surface area (Å²) in [6, 6.07) is 14.6. The van der Waals surface area contributed by atoms with Gasteiger partial charge in [-0.1, -0.05) is 12.1 Å². The van der Waals surface area contributed by atoms with Gasteiger partial charge in [-0.3, -0.25) is 4.99 Å². The first-order valence-corrected chi connectivity index (χ1v) is 9.18. The third-order valence-electron chi connectivity index (χ3n) is 4.80. The maximum atomic E-state index is 13.9. The number of ether oxygens (including phenoxy) is 1. The van der Waals surface area contributed by atoms with Crippen LogP contribution < -0.4 is 20.3 Å². The van der Waals surface area contributed by atoms with Crippen LogP contribution in [0.3, 0.4) is 0 Å². The number of nitriles is 1. The fraction of sp³-hybridized carbons (Fsp3) is 0.333. The molecule has 0 spiro atoms. The molecule has 7 heteroatoms. The van der Waals surface area contributed by atoms with Crippen LogP contribution in [0.25, 0.3) is 0 Å². The first-order valence-electron chi connectivity index (χ1n) is 9.18. The van der Waals surface area contributed by atoms with Crippen molar-refractivity contribution in [2.75, 3.05) is 32.1 Å². The van der Waals surface area contributed by atoms with Gasteiger partial charge >= 0.3 is 0 Å². The van der Waals surface area contributed by atoms with Gasteiger partial charge in [-0.05, 0) is 36.8 Å². The Bertz CT molecular complexity index is 893. The van der Waals surface area contributed by atoms with Gasteiger partial charge in [0.2, 0.25) is 0 Å². The molecule has 0 aromatic heterocycles. The van der Waals surface area contributed by atoms with Gasteiger partial charge in [-0.15, -0.1) is 0 Å². The highest BCUT2D eigenvalue weighted by Crippen LogP contribution is 2.30. The minimum Gasteiger partial charge on any atom is -0.495 e. The van der Waals surface area contributed by atoms with Gasteiger partial charge in [-0.25, -0.2) is 4.39 Å². The summed E-state index contributed by atoms with van der Waals surface area (Å²) < 4.78 is 19.4. The lowest BCUT2D eigenvalue weighted by atomic mass is 10.1. The van der Waals surface area contributed by atoms with Crippen molar-refractivity contribution in [3.05, 3.63) is 59.4 Å². The van der Waals surface area contributed by atoms with Gasteiger partial charge in [0.1, 0.15) is 11.6 Å². The third-order valence-corrected chi connectivity index (χ3v) is 4.80. The lowest BCUT2D eigenvalue weighted by molar-refractivity contribution is 0.415. The SMILES string of the molecule is CN=C(NCc1cc(C#N)ccc1F)NC1CCN(c2ccccc2OC)C1. The zero-order valence-electron chi connectivity index (χ0n) is 16.1. The molecular weight excluding hydrogens is 357 g/mol. The quantitative estimate of drug-likeness (QED) is 0.615. The van der Waals surface area contributed by atoms with E-state index in [1.54, 1.807) is 20.2 Å². The van der Waals surface area contributed by atoms with Crippen molar-refractivity contribution in [2.45, 2.75) is 19.0 Å². The summed E-state index contributed by atoms with van der Waals surface area (Å²) in [7, 11) is 3.36. The Morgan fingerprint density at radius 1 is 1.36 bits per heavy atom. The van der Waals surface area contributed by atoms with Crippen LogP contribution in [0, 0.1) is 17.1 Å². The Morgan fingerprint density at radius 2 is 2.18 bits per heavy atom. The average molecular weight is 381 g/mol. The lowest BCUT2D eigenvalue weighted by Gasteiger charge is -2.22. The molecule has 1 aliphatic rings. The lowest BCUT2D eigenvalue weighted by Crippen LogP contribution is -2.44. The number of anilines is 1. The Balaban J connectivity index is 1.58. The molecule has 0 saturated carbocycles. The molecule has 1 saturated heterocycles. The van der Waals surface area contributed by atoms with E-state index in [1.165, 1.54) is 12.1 Å². The highest BCUT2D eigenvalue weighted by molar-refractivity contribution is 5.80. The summed E-state index contributed by atoms with van der Waals surface area (Å²) in [4.78, 5) is 6.51. The van der Waals surface area contributed by atoms with Crippen molar-refractivity contribution in [1.82, 2.24) is 10.6 Å². The molecule has 1 heterocycles. The van der Waals surface area contributed by atoms with Gasteiger partial charge in [-0.2, -0.15) is 5.26 Å². The number of methoxy groups -OCH3 is 1. The zero-order valence-corrected chi connectivity index (χ0v) is 16.1. The molecule has 1 unspecified atom stereocenters. The van der Waals surface area contributed by atoms with Gasteiger partial charge in [0.05, 0.1) is 24.4 Å². The topological polar surface area (TPSA) is 72.7 Å². The van der Waals surface area contributed by atoms with Crippen LogP contribution in [0.15, 0.2) is 47.5 Å². The number of rotatable bonds is 5. The summed E-state index contributed by atoms with van der Waals surface area (Å²) in [5.74, 6) is 1.12. The first-order chi connectivity index (χ1) is 13.6. The van der Waals surface area contributed by atoms with E-state index >= 15 is 0 Å². The van der Waals surface area contributed by atoms with Crippen LogP contribution >= 0.6 is 0 Å². The van der Waals surface area contributed by atoms with Crippen LogP contribution in [0.2, 0.25) is 0 Å². The Labute approximate surface area is 164 Å². The van der Waals surface area contributed by atoms with E-state index in [0.717, 1.165) is 30.9 Å². The predicted molar refractivity (Wildman–Crippen MR) is 108 cm³/mol. The van der Waals surface area contributed by atoms with Crippen molar-refractivity contribution < 1.29 is 9.13 Å². The molecular formula is C21H24FN5O. The molecule has 0 amide bonds. The van der Waals surface area contributed by atoms with E-state index in [2.05, 4.69) is 26.6 Å². The number of halogens is 1. The fourth-order valence-corrected chi connectivity index (χ4v) is 3.33. The first kappa shape index (κ1) is 19.5. The standard InChI is InChI=1S/C21H24FN5O/c1-24-21(25-13-16-11-15(12-23)7-8-18(16)22)26-17-9-10-27(14-17)19-5-3-4-6-20(19)28-2/h3-8,11,17H,9-10,13-14H2,1-2H3,(H2,24,25,26). The van der Waals surface area contributed by atoms with E-state index in [4.69, 9.17) is 10.00 Å². The summed E-state index contributed by atoms with van der Waals surface area (Å²) in [6.07, 6.45) is 0.955. The molecule has 0 radical (unpaired) electrons. The second-order valence-electron chi connectivity index (χ2n) is 6.59. The van der Waals surface area contributed by atoms with Gasteiger partial charge in [0, 0.05) is 38.3 Å². The van der Waals surface area contributed by atoms with Crippen molar-refractivity contribution >= 4 is 11.6 Å². The Hall–Kier alpha value is -3.27. The maximum Gasteiger partial charge on any atom is 0.191 e. The Kier molecular flexibility index (Phi) is 6.33. The van der Waals surface area contributed by atoms with E-state index in [9.17, 15) is 4.39 Å². The molecule has 0 bridgehead atoms. The molecule has 0 aliphatic carbocycles. The summed E-state index contributed by atoms with van der Waals surface area (Å²) >= 11 is 0. The van der Waals surface area contributed by atoms with E-state index in [-0.39, 0.29) is 18.4 Å². The molecule has 2 N–H and O–H groups in total. The number of nitrogens with zero attached hydrogens (tertiary/aromatic N) is 3.